The molecule has 1 aromatic carbocycles. The van der Waals surface area contributed by atoms with Crippen molar-refractivity contribution in [1.82, 2.24) is 0 Å². The van der Waals surface area contributed by atoms with Crippen LogP contribution < -0.4 is 0 Å². The van der Waals surface area contributed by atoms with Crippen molar-refractivity contribution < 1.29 is 9.90 Å². The highest BCUT2D eigenvalue weighted by atomic mass is 16.3. The number of Topliss-reactive ketones (excluding diaryl/α,β-unsaturated/α-hetero) is 1. The number of allylic oxidation sites excluding steroid dienone is 4. The predicted molar refractivity (Wildman–Crippen MR) is 87.5 cm³/mol. The van der Waals surface area contributed by atoms with E-state index in [-0.39, 0.29) is 17.6 Å². The maximum atomic E-state index is 13.1. The lowest BCUT2D eigenvalue weighted by Crippen LogP contribution is -2.38. The molecular formula is C20H22O2. The van der Waals surface area contributed by atoms with E-state index < -0.39 is 0 Å². The maximum absolute atomic E-state index is 13.1. The van der Waals surface area contributed by atoms with Gasteiger partial charge in [-0.3, -0.25) is 4.79 Å². The number of carbonyl (C=O) groups is 1. The molecule has 2 bridgehead atoms. The molecule has 114 valence electrons. The first-order chi connectivity index (χ1) is 10.5. The Morgan fingerprint density at radius 1 is 0.955 bits per heavy atom. The molecule has 2 nitrogen and oxygen atoms in total. The summed E-state index contributed by atoms with van der Waals surface area (Å²) in [5.74, 6) is 1.15. The molecule has 1 saturated carbocycles. The number of carbonyl (C=O) groups excluding carboxylic acids is 1. The smallest absolute Gasteiger partial charge is 0.171 e. The number of aliphatic hydroxyl groups is 1. The standard InChI is InChI=1S/C20H22O2/c1-10-8-11(2)15(12(3)9-10)18-19(21)16-13-4-5-14(7-6-13)17(16)20(18)22/h4-5,8-9,13-14,16-17,21H,6-7H2,1-3H3/t13-,14+,16-,17+/m0/s1. The van der Waals surface area contributed by atoms with E-state index in [0.29, 0.717) is 23.2 Å². The van der Waals surface area contributed by atoms with Gasteiger partial charge in [-0.2, -0.15) is 0 Å². The third-order valence-electron chi connectivity index (χ3n) is 5.80. The van der Waals surface area contributed by atoms with Crippen LogP contribution in [0.4, 0.5) is 0 Å². The van der Waals surface area contributed by atoms with Gasteiger partial charge in [-0.1, -0.05) is 29.8 Å². The fourth-order valence-electron chi connectivity index (χ4n) is 5.01. The highest BCUT2D eigenvalue weighted by Crippen LogP contribution is 2.54. The van der Waals surface area contributed by atoms with Crippen molar-refractivity contribution in [3.05, 3.63) is 52.3 Å². The maximum Gasteiger partial charge on any atom is 0.171 e. The van der Waals surface area contributed by atoms with Crippen LogP contribution in [0.15, 0.2) is 30.0 Å². The zero-order chi connectivity index (χ0) is 15.6. The number of fused-ring (bicyclic) bond motifs is 1. The van der Waals surface area contributed by atoms with Crippen LogP contribution in [0.2, 0.25) is 0 Å². The number of hydrogen-bond donors (Lipinski definition) is 1. The Balaban J connectivity index is 1.89. The summed E-state index contributed by atoms with van der Waals surface area (Å²) in [6, 6.07) is 4.20. The number of aryl methyl sites for hydroxylation is 3. The minimum absolute atomic E-state index is 0.0198. The molecule has 4 aliphatic rings. The number of aliphatic hydroxyl groups excluding tert-OH is 1. The van der Waals surface area contributed by atoms with Crippen molar-refractivity contribution in [1.29, 1.82) is 0 Å². The van der Waals surface area contributed by atoms with E-state index >= 15 is 0 Å². The molecule has 1 N–H and O–H groups in total. The fourth-order valence-corrected chi connectivity index (χ4v) is 5.01. The largest absolute Gasteiger partial charge is 0.511 e. The zero-order valence-corrected chi connectivity index (χ0v) is 13.4. The average Bonchev–Trinajstić information content (AvgIpc) is 2.75. The molecule has 4 atom stereocenters. The van der Waals surface area contributed by atoms with E-state index in [1.165, 1.54) is 5.56 Å². The van der Waals surface area contributed by atoms with Gasteiger partial charge in [-0.05, 0) is 62.1 Å². The lowest BCUT2D eigenvalue weighted by Gasteiger charge is -2.40. The van der Waals surface area contributed by atoms with Gasteiger partial charge < -0.3 is 5.11 Å². The second-order valence-corrected chi connectivity index (χ2v) is 7.24. The minimum atomic E-state index is -0.0288. The topological polar surface area (TPSA) is 37.3 Å². The van der Waals surface area contributed by atoms with Crippen LogP contribution in [0.5, 0.6) is 0 Å². The normalized spacial score (nSPS) is 32.8. The Labute approximate surface area is 131 Å². The number of hydrogen-bond acceptors (Lipinski definition) is 2. The summed E-state index contributed by atoms with van der Waals surface area (Å²) in [5, 5.41) is 10.9. The van der Waals surface area contributed by atoms with Gasteiger partial charge in [-0.25, -0.2) is 0 Å². The van der Waals surface area contributed by atoms with Crippen LogP contribution >= 0.6 is 0 Å². The Morgan fingerprint density at radius 3 is 2.00 bits per heavy atom. The zero-order valence-electron chi connectivity index (χ0n) is 13.4. The minimum Gasteiger partial charge on any atom is -0.511 e. The van der Waals surface area contributed by atoms with E-state index in [2.05, 4.69) is 31.2 Å². The number of benzene rings is 1. The van der Waals surface area contributed by atoms with Gasteiger partial charge in [0.2, 0.25) is 0 Å². The van der Waals surface area contributed by atoms with Crippen molar-refractivity contribution in [2.24, 2.45) is 23.7 Å². The first-order valence-electron chi connectivity index (χ1n) is 8.23. The van der Waals surface area contributed by atoms with Crippen LogP contribution in [-0.4, -0.2) is 10.9 Å². The Kier molecular flexibility index (Phi) is 2.87. The number of rotatable bonds is 1. The lowest BCUT2D eigenvalue weighted by atomic mass is 9.63. The first-order valence-corrected chi connectivity index (χ1v) is 8.23. The molecule has 0 aliphatic heterocycles. The Morgan fingerprint density at radius 2 is 1.50 bits per heavy atom. The summed E-state index contributed by atoms with van der Waals surface area (Å²) in [5.41, 5.74) is 4.94. The summed E-state index contributed by atoms with van der Waals surface area (Å²) in [6.07, 6.45) is 6.61. The molecule has 0 amide bonds. The van der Waals surface area contributed by atoms with Crippen molar-refractivity contribution in [2.45, 2.75) is 33.6 Å². The van der Waals surface area contributed by atoms with Gasteiger partial charge in [0.15, 0.2) is 5.78 Å². The molecule has 0 unspecified atom stereocenters. The summed E-state index contributed by atoms with van der Waals surface area (Å²) >= 11 is 0. The highest BCUT2D eigenvalue weighted by Gasteiger charge is 2.53. The van der Waals surface area contributed by atoms with Crippen LogP contribution in [0.1, 0.15) is 35.1 Å². The average molecular weight is 294 g/mol. The summed E-state index contributed by atoms with van der Waals surface area (Å²) in [4.78, 5) is 13.1. The molecule has 5 rings (SSSR count). The van der Waals surface area contributed by atoms with Crippen LogP contribution in [0.3, 0.4) is 0 Å². The van der Waals surface area contributed by atoms with Gasteiger partial charge in [0.05, 0.1) is 5.57 Å². The van der Waals surface area contributed by atoms with E-state index in [4.69, 9.17) is 0 Å². The molecule has 0 saturated heterocycles. The van der Waals surface area contributed by atoms with Gasteiger partial charge >= 0.3 is 0 Å². The molecular weight excluding hydrogens is 272 g/mol. The van der Waals surface area contributed by atoms with Crippen molar-refractivity contribution in [3.8, 4) is 0 Å². The third kappa shape index (κ3) is 1.70. The molecule has 22 heavy (non-hydrogen) atoms. The second-order valence-electron chi connectivity index (χ2n) is 7.24. The summed E-state index contributed by atoms with van der Waals surface area (Å²) in [7, 11) is 0. The first kappa shape index (κ1) is 13.8. The molecule has 4 aliphatic carbocycles. The quantitative estimate of drug-likeness (QED) is 0.784. The Bertz CT molecular complexity index is 715. The van der Waals surface area contributed by atoms with Crippen molar-refractivity contribution >= 4 is 11.4 Å². The predicted octanol–water partition coefficient (Wildman–Crippen LogP) is 4.29. The highest BCUT2D eigenvalue weighted by molar-refractivity contribution is 6.25. The number of ketones is 1. The van der Waals surface area contributed by atoms with Gasteiger partial charge in [-0.15, -0.1) is 0 Å². The van der Waals surface area contributed by atoms with Gasteiger partial charge in [0, 0.05) is 11.8 Å². The van der Waals surface area contributed by atoms with Crippen molar-refractivity contribution in [2.75, 3.05) is 0 Å². The molecule has 0 heterocycles. The molecule has 1 aromatic rings. The molecule has 1 fully saturated rings. The monoisotopic (exact) mass is 294 g/mol. The van der Waals surface area contributed by atoms with Gasteiger partial charge in [0.25, 0.3) is 0 Å². The molecule has 0 spiro atoms. The third-order valence-corrected chi connectivity index (χ3v) is 5.80. The van der Waals surface area contributed by atoms with E-state index in [1.807, 2.05) is 13.8 Å². The van der Waals surface area contributed by atoms with E-state index in [0.717, 1.165) is 29.5 Å². The fraction of sp³-hybridized carbons (Fsp3) is 0.450. The van der Waals surface area contributed by atoms with E-state index in [9.17, 15) is 9.90 Å². The van der Waals surface area contributed by atoms with Crippen molar-refractivity contribution in [3.63, 3.8) is 0 Å². The van der Waals surface area contributed by atoms with Gasteiger partial charge in [0.1, 0.15) is 5.76 Å². The summed E-state index contributed by atoms with van der Waals surface area (Å²) < 4.78 is 0. The SMILES string of the molecule is Cc1cc(C)c(C2=C(O)[C@@H]3[C@H](C2=O)[C@@H]2C=C[C@H]3CC2)c(C)c1. The second kappa shape index (κ2) is 4.58. The summed E-state index contributed by atoms with van der Waals surface area (Å²) in [6.45, 7) is 6.15. The lowest BCUT2D eigenvalue weighted by molar-refractivity contribution is -0.120. The van der Waals surface area contributed by atoms with Crippen LogP contribution in [0, 0.1) is 44.4 Å². The molecule has 2 heteroatoms. The van der Waals surface area contributed by atoms with Crippen LogP contribution in [0.25, 0.3) is 5.57 Å². The molecule has 0 aromatic heterocycles. The van der Waals surface area contributed by atoms with Crippen LogP contribution in [-0.2, 0) is 4.79 Å². The molecule has 0 radical (unpaired) electrons. The van der Waals surface area contributed by atoms with E-state index in [1.54, 1.807) is 0 Å². The Hall–Kier alpha value is -1.83.